The zero-order chi connectivity index (χ0) is 9.68. The van der Waals surface area contributed by atoms with E-state index in [1.807, 2.05) is 13.0 Å². The van der Waals surface area contributed by atoms with Crippen molar-refractivity contribution < 1.29 is 9.90 Å². The van der Waals surface area contributed by atoms with E-state index in [-0.39, 0.29) is 6.61 Å². The quantitative estimate of drug-likeness (QED) is 0.573. The molecule has 68 valence electrons. The summed E-state index contributed by atoms with van der Waals surface area (Å²) in [5.41, 5.74) is 1.03. The Morgan fingerprint density at radius 2 is 2.46 bits per heavy atom. The smallest absolute Gasteiger partial charge is 0.160 e. The van der Waals surface area contributed by atoms with Crippen LogP contribution in [0, 0.1) is 18.8 Å². The van der Waals surface area contributed by atoms with Crippen LogP contribution in [0.2, 0.25) is 0 Å². The lowest BCUT2D eigenvalue weighted by atomic mass is 10.2. The number of rotatable bonds is 2. The van der Waals surface area contributed by atoms with Crippen molar-refractivity contribution in [3.05, 3.63) is 21.4 Å². The number of hydrogen-bond donors (Lipinski definition) is 1. The number of aryl methyl sites for hydroxylation is 1. The average molecular weight is 194 g/mol. The highest BCUT2D eigenvalue weighted by atomic mass is 32.1. The maximum Gasteiger partial charge on any atom is 0.160 e. The third kappa shape index (κ3) is 2.69. The molecule has 13 heavy (non-hydrogen) atoms. The molecule has 0 atom stereocenters. The van der Waals surface area contributed by atoms with E-state index in [9.17, 15) is 4.79 Å². The van der Waals surface area contributed by atoms with Crippen LogP contribution in [0.3, 0.4) is 0 Å². The second kappa shape index (κ2) is 4.80. The number of aliphatic hydroxyl groups is 1. The van der Waals surface area contributed by atoms with Gasteiger partial charge in [-0.15, -0.1) is 11.3 Å². The van der Waals surface area contributed by atoms with Crippen molar-refractivity contribution >= 4 is 17.6 Å². The molecule has 1 rings (SSSR count). The summed E-state index contributed by atoms with van der Waals surface area (Å²) in [6.07, 6.45) is 1.31. The number of aliphatic hydroxyl groups excluding tert-OH is 1. The van der Waals surface area contributed by atoms with E-state index in [0.29, 0.717) is 11.3 Å². The second-order valence-electron chi connectivity index (χ2n) is 2.55. The van der Waals surface area contributed by atoms with E-state index in [4.69, 9.17) is 5.11 Å². The fourth-order valence-electron chi connectivity index (χ4n) is 0.888. The Morgan fingerprint density at radius 3 is 3.00 bits per heavy atom. The highest BCUT2D eigenvalue weighted by Crippen LogP contribution is 2.18. The second-order valence-corrected chi connectivity index (χ2v) is 3.64. The lowest BCUT2D eigenvalue weighted by Gasteiger charge is -1.83. The maximum atomic E-state index is 10.4. The number of aldehydes is 1. The van der Waals surface area contributed by atoms with Crippen molar-refractivity contribution in [2.24, 2.45) is 0 Å². The van der Waals surface area contributed by atoms with Crippen LogP contribution in [0.1, 0.15) is 26.5 Å². The Bertz CT molecular complexity index is 355. The molecule has 0 fully saturated rings. The van der Waals surface area contributed by atoms with Crippen LogP contribution < -0.4 is 0 Å². The minimum Gasteiger partial charge on any atom is -0.395 e. The molecule has 0 saturated carbocycles. The van der Waals surface area contributed by atoms with Gasteiger partial charge in [-0.25, -0.2) is 0 Å². The highest BCUT2D eigenvalue weighted by Gasteiger charge is 2.00. The molecule has 0 amide bonds. The van der Waals surface area contributed by atoms with E-state index >= 15 is 0 Å². The van der Waals surface area contributed by atoms with Gasteiger partial charge in [-0.1, -0.05) is 11.8 Å². The molecule has 0 aromatic carbocycles. The normalized spacial score (nSPS) is 9.08. The van der Waals surface area contributed by atoms with Gasteiger partial charge in [0.05, 0.1) is 16.4 Å². The van der Waals surface area contributed by atoms with Gasteiger partial charge in [-0.05, 0) is 18.6 Å². The van der Waals surface area contributed by atoms with Gasteiger partial charge in [0.25, 0.3) is 0 Å². The van der Waals surface area contributed by atoms with E-state index in [0.717, 1.165) is 16.7 Å². The van der Waals surface area contributed by atoms with E-state index in [2.05, 4.69) is 11.8 Å². The van der Waals surface area contributed by atoms with Crippen LogP contribution in [0.15, 0.2) is 6.07 Å². The van der Waals surface area contributed by atoms with Crippen molar-refractivity contribution in [3.8, 4) is 11.8 Å². The summed E-state index contributed by atoms with van der Waals surface area (Å²) in [6.45, 7) is 2.00. The van der Waals surface area contributed by atoms with Crippen LogP contribution in [0.5, 0.6) is 0 Å². The van der Waals surface area contributed by atoms with Gasteiger partial charge in [-0.2, -0.15) is 0 Å². The summed E-state index contributed by atoms with van der Waals surface area (Å²) >= 11 is 1.39. The molecule has 0 saturated heterocycles. The molecule has 0 bridgehead atoms. The molecule has 0 aliphatic carbocycles. The molecular weight excluding hydrogens is 184 g/mol. The zero-order valence-corrected chi connectivity index (χ0v) is 8.15. The monoisotopic (exact) mass is 194 g/mol. The summed E-state index contributed by atoms with van der Waals surface area (Å²) in [7, 11) is 0. The summed E-state index contributed by atoms with van der Waals surface area (Å²) < 4.78 is 0. The maximum absolute atomic E-state index is 10.4. The van der Waals surface area contributed by atoms with Gasteiger partial charge in [0, 0.05) is 6.42 Å². The molecule has 3 heteroatoms. The average Bonchev–Trinajstić information content (AvgIpc) is 2.48. The van der Waals surface area contributed by atoms with Gasteiger partial charge >= 0.3 is 0 Å². The molecule has 0 radical (unpaired) electrons. The summed E-state index contributed by atoms with van der Waals surface area (Å²) in [6, 6.07) is 1.82. The van der Waals surface area contributed by atoms with Crippen molar-refractivity contribution in [1.29, 1.82) is 0 Å². The first kappa shape index (κ1) is 9.97. The predicted octanol–water partition coefficient (Wildman–Crippen LogP) is 1.60. The molecule has 0 unspecified atom stereocenters. The molecule has 2 nitrogen and oxygen atoms in total. The molecule has 1 aromatic rings. The number of carbonyl (C=O) groups excluding carboxylic acids is 1. The van der Waals surface area contributed by atoms with Gasteiger partial charge in [0.15, 0.2) is 6.29 Å². The minimum absolute atomic E-state index is 0.0813. The number of carbonyl (C=O) groups is 1. The lowest BCUT2D eigenvalue weighted by molar-refractivity contribution is 0.112. The van der Waals surface area contributed by atoms with E-state index < -0.39 is 0 Å². The minimum atomic E-state index is 0.0813. The molecule has 1 heterocycles. The Hall–Kier alpha value is -1.11. The van der Waals surface area contributed by atoms with Gasteiger partial charge < -0.3 is 5.11 Å². The summed E-state index contributed by atoms with van der Waals surface area (Å²) in [5, 5.41) is 8.51. The van der Waals surface area contributed by atoms with E-state index in [1.54, 1.807) is 0 Å². The largest absolute Gasteiger partial charge is 0.395 e. The first-order valence-corrected chi connectivity index (χ1v) is 4.75. The first-order valence-electron chi connectivity index (χ1n) is 3.93. The third-order valence-electron chi connectivity index (χ3n) is 1.49. The van der Waals surface area contributed by atoms with E-state index in [1.165, 1.54) is 11.3 Å². The Balaban J connectivity index is 2.84. The van der Waals surface area contributed by atoms with Crippen LogP contribution in [-0.4, -0.2) is 18.0 Å². The topological polar surface area (TPSA) is 37.3 Å². The van der Waals surface area contributed by atoms with Crippen molar-refractivity contribution in [1.82, 2.24) is 0 Å². The van der Waals surface area contributed by atoms with Gasteiger partial charge in [0.2, 0.25) is 0 Å². The third-order valence-corrected chi connectivity index (χ3v) is 2.57. The van der Waals surface area contributed by atoms with Crippen LogP contribution >= 0.6 is 11.3 Å². The van der Waals surface area contributed by atoms with Crippen molar-refractivity contribution in [2.45, 2.75) is 13.3 Å². The van der Waals surface area contributed by atoms with Crippen LogP contribution in [-0.2, 0) is 0 Å². The van der Waals surface area contributed by atoms with Crippen molar-refractivity contribution in [2.75, 3.05) is 6.61 Å². The lowest BCUT2D eigenvalue weighted by Crippen LogP contribution is -1.76. The molecule has 1 aromatic heterocycles. The SMILES string of the molecule is Cc1cc(C=O)sc1C#CCCO. The first-order chi connectivity index (χ1) is 6.27. The molecule has 0 spiro atoms. The Morgan fingerprint density at radius 1 is 1.69 bits per heavy atom. The zero-order valence-electron chi connectivity index (χ0n) is 7.33. The standard InChI is InChI=1S/C10H10O2S/c1-8-6-9(7-12)13-10(8)4-2-3-5-11/h6-7,11H,3,5H2,1H3. The Labute approximate surface area is 81.2 Å². The number of hydrogen-bond acceptors (Lipinski definition) is 3. The van der Waals surface area contributed by atoms with Gasteiger partial charge in [0.1, 0.15) is 0 Å². The van der Waals surface area contributed by atoms with Crippen LogP contribution in [0.4, 0.5) is 0 Å². The predicted molar refractivity (Wildman–Crippen MR) is 53.0 cm³/mol. The molecule has 0 aliphatic heterocycles. The van der Waals surface area contributed by atoms with Gasteiger partial charge in [-0.3, -0.25) is 4.79 Å². The van der Waals surface area contributed by atoms with Crippen molar-refractivity contribution in [3.63, 3.8) is 0 Å². The Kier molecular flexibility index (Phi) is 3.69. The fourth-order valence-corrected chi connectivity index (χ4v) is 1.75. The molecule has 0 aliphatic rings. The highest BCUT2D eigenvalue weighted by molar-refractivity contribution is 7.14. The molecular formula is C10H10O2S. The number of thiophene rings is 1. The van der Waals surface area contributed by atoms with Crippen LogP contribution in [0.25, 0.3) is 0 Å². The fraction of sp³-hybridized carbons (Fsp3) is 0.300. The summed E-state index contributed by atoms with van der Waals surface area (Å²) in [4.78, 5) is 12.0. The summed E-state index contributed by atoms with van der Waals surface area (Å²) in [5.74, 6) is 5.74. The molecule has 1 N–H and O–H groups in total.